The summed E-state index contributed by atoms with van der Waals surface area (Å²) in [5.41, 5.74) is 0.811. The van der Waals surface area contributed by atoms with Gasteiger partial charge in [0.05, 0.1) is 30.6 Å². The number of hydrogen-bond donors (Lipinski definition) is 2. The number of fused-ring (bicyclic) bond motifs is 1. The monoisotopic (exact) mass is 400 g/mol. The average Bonchev–Trinajstić information content (AvgIpc) is 2.72. The van der Waals surface area contributed by atoms with Crippen molar-refractivity contribution in [2.24, 2.45) is 0 Å². The molecular weight excluding hydrogens is 378 g/mol. The van der Waals surface area contributed by atoms with Gasteiger partial charge in [0.1, 0.15) is 5.82 Å². The van der Waals surface area contributed by atoms with Crippen LogP contribution in [0.1, 0.15) is 31.2 Å². The van der Waals surface area contributed by atoms with Gasteiger partial charge in [-0.05, 0) is 31.0 Å². The van der Waals surface area contributed by atoms with E-state index in [-0.39, 0.29) is 29.9 Å². The maximum absolute atomic E-state index is 14.4. The highest BCUT2D eigenvalue weighted by atomic mass is 19.1. The predicted octanol–water partition coefficient (Wildman–Crippen LogP) is 3.62. The number of aliphatic hydroxyl groups is 1. The molecule has 152 valence electrons. The molecule has 2 aliphatic rings. The van der Waals surface area contributed by atoms with Crippen LogP contribution in [0.25, 0.3) is 0 Å². The van der Waals surface area contributed by atoms with Crippen LogP contribution in [0.5, 0.6) is 5.75 Å². The van der Waals surface area contributed by atoms with Crippen molar-refractivity contribution < 1.29 is 23.4 Å². The molecule has 0 unspecified atom stereocenters. The van der Waals surface area contributed by atoms with Crippen molar-refractivity contribution in [2.75, 3.05) is 4.90 Å². The summed E-state index contributed by atoms with van der Waals surface area (Å²) < 4.78 is 34.1. The first kappa shape index (κ1) is 19.4. The van der Waals surface area contributed by atoms with Gasteiger partial charge in [-0.25, -0.2) is 8.78 Å². The normalized spacial score (nSPS) is 21.1. The van der Waals surface area contributed by atoms with Gasteiger partial charge in [-0.2, -0.15) is 0 Å². The van der Waals surface area contributed by atoms with Crippen LogP contribution >= 0.6 is 0 Å². The molecule has 2 N–H and O–H groups in total. The molecule has 2 aromatic carbocycles. The molecule has 29 heavy (non-hydrogen) atoms. The lowest BCUT2D eigenvalue weighted by atomic mass is 9.92. The Labute approximate surface area is 167 Å². The molecule has 0 bridgehead atoms. The first-order chi connectivity index (χ1) is 14.0. The standard InChI is InChI=1S/C22H22F2N2O3/c23-15-7-2-1-6-14(15)12-26-13-20(29-21-16(24)8-5-10-18(21)26)22(28)25-17-9-3-4-11-19(17)27/h1-2,5-8,10,13,17,19,27H,3-4,9,11-12H2,(H,25,28)/t17-,19-/m1/s1. The second kappa shape index (κ2) is 8.21. The number of aliphatic hydroxyl groups excluding tert-OH is 1. The van der Waals surface area contributed by atoms with Crippen molar-refractivity contribution in [3.63, 3.8) is 0 Å². The lowest BCUT2D eigenvalue weighted by Gasteiger charge is -2.31. The minimum atomic E-state index is -0.615. The Hall–Kier alpha value is -2.93. The Kier molecular flexibility index (Phi) is 5.49. The fraction of sp³-hybridized carbons (Fsp3) is 0.318. The van der Waals surface area contributed by atoms with Gasteiger partial charge < -0.3 is 20.1 Å². The third kappa shape index (κ3) is 4.10. The summed E-state index contributed by atoms with van der Waals surface area (Å²) in [6.45, 7) is 0.106. The maximum atomic E-state index is 14.4. The largest absolute Gasteiger partial charge is 0.445 e. The van der Waals surface area contributed by atoms with Crippen molar-refractivity contribution in [3.05, 3.63) is 71.6 Å². The van der Waals surface area contributed by atoms with E-state index >= 15 is 0 Å². The average molecular weight is 400 g/mol. The number of anilines is 1. The first-order valence-electron chi connectivity index (χ1n) is 9.70. The molecule has 1 fully saturated rings. The van der Waals surface area contributed by atoms with Crippen molar-refractivity contribution in [2.45, 2.75) is 44.4 Å². The van der Waals surface area contributed by atoms with Gasteiger partial charge in [-0.3, -0.25) is 4.79 Å². The zero-order valence-electron chi connectivity index (χ0n) is 15.8. The molecule has 1 aliphatic carbocycles. The van der Waals surface area contributed by atoms with Gasteiger partial charge in [0.2, 0.25) is 5.76 Å². The number of halogens is 2. The Morgan fingerprint density at radius 2 is 1.86 bits per heavy atom. The fourth-order valence-corrected chi connectivity index (χ4v) is 3.74. The van der Waals surface area contributed by atoms with Crippen LogP contribution in [-0.2, 0) is 11.3 Å². The Morgan fingerprint density at radius 1 is 1.10 bits per heavy atom. The molecule has 4 rings (SSSR count). The zero-order valence-corrected chi connectivity index (χ0v) is 15.8. The Balaban J connectivity index is 1.62. The molecule has 0 spiro atoms. The summed E-state index contributed by atoms with van der Waals surface area (Å²) in [5.74, 6) is -1.72. The summed E-state index contributed by atoms with van der Waals surface area (Å²) in [6, 6.07) is 10.3. The van der Waals surface area contributed by atoms with Gasteiger partial charge in [0.15, 0.2) is 11.6 Å². The lowest BCUT2D eigenvalue weighted by molar-refractivity contribution is -0.121. The summed E-state index contributed by atoms with van der Waals surface area (Å²) in [4.78, 5) is 14.3. The number of para-hydroxylation sites is 1. The Morgan fingerprint density at radius 3 is 2.66 bits per heavy atom. The number of hydrogen-bond acceptors (Lipinski definition) is 4. The van der Waals surface area contributed by atoms with Crippen LogP contribution in [-0.4, -0.2) is 23.2 Å². The zero-order chi connectivity index (χ0) is 20.4. The SMILES string of the molecule is O=C(N[C@@H]1CCCC[C@H]1O)C1=CN(Cc2ccccc2F)c2cccc(F)c2O1. The lowest BCUT2D eigenvalue weighted by Crippen LogP contribution is -2.46. The molecule has 0 radical (unpaired) electrons. The number of ether oxygens (including phenoxy) is 1. The van der Waals surface area contributed by atoms with Crippen LogP contribution in [0.3, 0.4) is 0 Å². The van der Waals surface area contributed by atoms with Crippen LogP contribution < -0.4 is 15.0 Å². The van der Waals surface area contributed by atoms with E-state index in [9.17, 15) is 18.7 Å². The van der Waals surface area contributed by atoms with E-state index in [1.807, 2.05) is 0 Å². The third-order valence-corrected chi connectivity index (χ3v) is 5.31. The first-order valence-corrected chi connectivity index (χ1v) is 9.70. The number of carbonyl (C=O) groups excluding carboxylic acids is 1. The summed E-state index contributed by atoms with van der Waals surface area (Å²) in [5, 5.41) is 12.9. The molecule has 2 aromatic rings. The highest BCUT2D eigenvalue weighted by Gasteiger charge is 2.30. The second-order valence-corrected chi connectivity index (χ2v) is 7.33. The number of nitrogens with zero attached hydrogens (tertiary/aromatic N) is 1. The van der Waals surface area contributed by atoms with Crippen molar-refractivity contribution in [3.8, 4) is 5.75 Å². The summed E-state index contributed by atoms with van der Waals surface area (Å²) >= 11 is 0. The fourth-order valence-electron chi connectivity index (χ4n) is 3.74. The quantitative estimate of drug-likeness (QED) is 0.823. The van der Waals surface area contributed by atoms with Crippen LogP contribution in [0.15, 0.2) is 54.4 Å². The molecule has 1 aliphatic heterocycles. The number of benzene rings is 2. The van der Waals surface area contributed by atoms with Gasteiger partial charge in [-0.15, -0.1) is 0 Å². The molecule has 2 atom stereocenters. The molecule has 1 amide bonds. The van der Waals surface area contributed by atoms with Crippen molar-refractivity contribution in [1.82, 2.24) is 5.32 Å². The predicted molar refractivity (Wildman–Crippen MR) is 104 cm³/mol. The number of rotatable bonds is 4. The smallest absolute Gasteiger partial charge is 0.288 e. The molecule has 0 aromatic heterocycles. The topological polar surface area (TPSA) is 61.8 Å². The highest BCUT2D eigenvalue weighted by molar-refractivity contribution is 5.93. The van der Waals surface area contributed by atoms with Crippen LogP contribution in [0.2, 0.25) is 0 Å². The van der Waals surface area contributed by atoms with Gasteiger partial charge in [-0.1, -0.05) is 37.1 Å². The van der Waals surface area contributed by atoms with Gasteiger partial charge >= 0.3 is 0 Å². The molecule has 0 saturated heterocycles. The molecular formula is C22H22F2N2O3. The minimum Gasteiger partial charge on any atom is -0.445 e. The van der Waals surface area contributed by atoms with E-state index < -0.39 is 17.8 Å². The van der Waals surface area contributed by atoms with E-state index in [1.165, 1.54) is 24.4 Å². The molecule has 1 heterocycles. The van der Waals surface area contributed by atoms with E-state index in [4.69, 9.17) is 4.74 Å². The second-order valence-electron chi connectivity index (χ2n) is 7.33. The van der Waals surface area contributed by atoms with E-state index in [0.717, 1.165) is 12.8 Å². The van der Waals surface area contributed by atoms with Gasteiger partial charge in [0, 0.05) is 5.56 Å². The summed E-state index contributed by atoms with van der Waals surface area (Å²) in [7, 11) is 0. The van der Waals surface area contributed by atoms with Crippen molar-refractivity contribution in [1.29, 1.82) is 0 Å². The summed E-state index contributed by atoms with van der Waals surface area (Å²) in [6.07, 6.45) is 3.96. The maximum Gasteiger partial charge on any atom is 0.288 e. The van der Waals surface area contributed by atoms with Crippen LogP contribution in [0.4, 0.5) is 14.5 Å². The van der Waals surface area contributed by atoms with E-state index in [1.54, 1.807) is 29.2 Å². The minimum absolute atomic E-state index is 0.0827. The molecule has 7 heteroatoms. The third-order valence-electron chi connectivity index (χ3n) is 5.31. The van der Waals surface area contributed by atoms with E-state index in [0.29, 0.717) is 24.1 Å². The number of nitrogens with one attached hydrogen (secondary N) is 1. The van der Waals surface area contributed by atoms with E-state index in [2.05, 4.69) is 5.32 Å². The molecule has 5 nitrogen and oxygen atoms in total. The highest BCUT2D eigenvalue weighted by Crippen LogP contribution is 2.37. The number of carbonyl (C=O) groups is 1. The van der Waals surface area contributed by atoms with Crippen LogP contribution in [0, 0.1) is 11.6 Å². The molecule has 1 saturated carbocycles. The number of amides is 1. The Bertz CT molecular complexity index is 947. The van der Waals surface area contributed by atoms with Crippen molar-refractivity contribution >= 4 is 11.6 Å². The van der Waals surface area contributed by atoms with Gasteiger partial charge in [0.25, 0.3) is 5.91 Å².